The lowest BCUT2D eigenvalue weighted by Gasteiger charge is -2.40. The molecule has 3 fully saturated rings. The number of epoxide rings is 1. The van der Waals surface area contributed by atoms with Crippen LogP contribution in [0, 0.1) is 12.3 Å². The molecule has 62 heavy (non-hydrogen) atoms. The third-order valence-electron chi connectivity index (χ3n) is 9.07. The van der Waals surface area contributed by atoms with Crippen molar-refractivity contribution < 1.29 is 80.9 Å². The molecule has 0 spiro atoms. The summed E-state index contributed by atoms with van der Waals surface area (Å²) in [5.74, 6) is -6.27. The molecule has 0 saturated carbocycles. The van der Waals surface area contributed by atoms with Gasteiger partial charge in [0.05, 0.1) is 25.7 Å². The molecule has 0 aromatic carbocycles. The van der Waals surface area contributed by atoms with Crippen LogP contribution in [0.2, 0.25) is 0 Å². The molecule has 17 heteroatoms. The van der Waals surface area contributed by atoms with E-state index >= 15 is 0 Å². The van der Waals surface area contributed by atoms with Gasteiger partial charge in [-0.2, -0.15) is 0 Å². The first-order valence-corrected chi connectivity index (χ1v) is 18.7. The van der Waals surface area contributed by atoms with Gasteiger partial charge in [-0.3, -0.25) is 4.79 Å². The molecular formula is C45H55O17. The predicted molar refractivity (Wildman–Crippen MR) is 221 cm³/mol. The lowest BCUT2D eigenvalue weighted by atomic mass is 9.86. The van der Waals surface area contributed by atoms with Gasteiger partial charge in [0.1, 0.15) is 25.4 Å². The Morgan fingerprint density at radius 2 is 1.13 bits per heavy atom. The number of ether oxygens (including phenoxy) is 10. The standard InChI is InChI=1S/C25H29O8.C19H22O9.CH4/c1-12(2)21(26)17-9-16(17)20-18(10-31-23(27)13(3)4)30-11-19(32-24(28)14(5)6)22(20)33-25(29)15(7)8;1-5-14(20)26-13-9-23-12(10-24-19(8-4)11-25-19)17(27-15(21)6-2)18(13)28-16(22)7-3;/h9,18-20,22H,1,3,5,7,10-11H2,2,4,6,8H3;5-8,12-13,17-18H,1-4,9-11H2;1H4/t18?,19-,20-,22-;12?,13-,17?,18-,19?;/m11./s1. The van der Waals surface area contributed by atoms with Crippen LogP contribution in [0.3, 0.4) is 0 Å². The van der Waals surface area contributed by atoms with Crippen molar-refractivity contribution in [1.82, 2.24) is 0 Å². The third-order valence-corrected chi connectivity index (χ3v) is 9.07. The van der Waals surface area contributed by atoms with Gasteiger partial charge < -0.3 is 47.4 Å². The molecule has 3 saturated heterocycles. The quantitative estimate of drug-likeness (QED) is 0.0556. The van der Waals surface area contributed by atoms with E-state index in [1.54, 1.807) is 13.3 Å². The molecule has 4 unspecified atom stereocenters. The Bertz CT molecular complexity index is 1900. The van der Waals surface area contributed by atoms with E-state index in [0.717, 1.165) is 18.2 Å². The summed E-state index contributed by atoms with van der Waals surface area (Å²) in [6.45, 7) is 33.8. The van der Waals surface area contributed by atoms with Gasteiger partial charge >= 0.3 is 35.8 Å². The van der Waals surface area contributed by atoms with Crippen molar-refractivity contribution >= 4 is 41.6 Å². The predicted octanol–water partition coefficient (Wildman–Crippen LogP) is 4.00. The molecule has 0 aromatic heterocycles. The van der Waals surface area contributed by atoms with Gasteiger partial charge in [0, 0.05) is 46.9 Å². The highest BCUT2D eigenvalue weighted by Gasteiger charge is 2.52. The van der Waals surface area contributed by atoms with Crippen LogP contribution in [-0.2, 0) is 80.9 Å². The zero-order valence-electron chi connectivity index (χ0n) is 34.6. The maximum Gasteiger partial charge on any atom is 0.333 e. The number of rotatable bonds is 20. The Hall–Kier alpha value is -6.01. The van der Waals surface area contributed by atoms with E-state index in [4.69, 9.17) is 47.4 Å². The van der Waals surface area contributed by atoms with E-state index < -0.39 is 90.2 Å². The molecule has 1 aliphatic carbocycles. The smallest absolute Gasteiger partial charge is 0.333 e. The Labute approximate surface area is 361 Å². The van der Waals surface area contributed by atoms with Crippen LogP contribution in [0.5, 0.6) is 0 Å². The third kappa shape index (κ3) is 14.3. The van der Waals surface area contributed by atoms with Gasteiger partial charge in [-0.1, -0.05) is 60.1 Å². The molecule has 3 heterocycles. The Balaban J connectivity index is 0.000000425. The summed E-state index contributed by atoms with van der Waals surface area (Å²) >= 11 is 0. The molecule has 17 nitrogen and oxygen atoms in total. The van der Waals surface area contributed by atoms with E-state index in [1.165, 1.54) is 26.8 Å². The molecule has 0 bridgehead atoms. The summed E-state index contributed by atoms with van der Waals surface area (Å²) in [7, 11) is 0. The number of carbonyl (C=O) groups excluding carboxylic acids is 7. The highest BCUT2D eigenvalue weighted by molar-refractivity contribution is 6.14. The van der Waals surface area contributed by atoms with Crippen LogP contribution in [0.1, 0.15) is 35.1 Å². The maximum absolute atomic E-state index is 12.5. The van der Waals surface area contributed by atoms with Crippen LogP contribution in [0.4, 0.5) is 0 Å². The fourth-order valence-electron chi connectivity index (χ4n) is 5.68. The molecule has 3 aliphatic heterocycles. The number of hydrogen-bond donors (Lipinski definition) is 0. The first-order chi connectivity index (χ1) is 28.7. The van der Waals surface area contributed by atoms with E-state index in [1.807, 2.05) is 0 Å². The monoisotopic (exact) mass is 867 g/mol. The minimum absolute atomic E-state index is 0. The fourth-order valence-corrected chi connectivity index (χ4v) is 5.68. The van der Waals surface area contributed by atoms with Crippen molar-refractivity contribution in [3.05, 3.63) is 117 Å². The minimum atomic E-state index is -1.17. The lowest BCUT2D eigenvalue weighted by molar-refractivity contribution is -0.232. The second-order valence-corrected chi connectivity index (χ2v) is 14.2. The number of carbonyl (C=O) groups is 7. The molecule has 0 aromatic rings. The van der Waals surface area contributed by atoms with Crippen molar-refractivity contribution in [3.8, 4) is 0 Å². The highest BCUT2D eigenvalue weighted by Crippen LogP contribution is 2.45. The SMILES string of the molecule is C.C=C(C)C(=O)OCC1OC[C@@H](OC(=O)C(=C)C)[C@@H](OC(=O)C(=C)C)[C@@H]1C1=C(C(=O)C(=C)C)[CH]1.C=CC(=O)OC1C(COC2(C=C)CO2)OC[C@@H](OC(=O)C=C)[C@H]1OC(=O)C=C. The molecule has 0 amide bonds. The Morgan fingerprint density at radius 3 is 1.61 bits per heavy atom. The van der Waals surface area contributed by atoms with Crippen molar-refractivity contribution in [2.75, 3.05) is 33.0 Å². The molecule has 9 atom stereocenters. The van der Waals surface area contributed by atoms with Gasteiger partial charge in [0.2, 0.25) is 5.79 Å². The van der Waals surface area contributed by atoms with Gasteiger partial charge in [-0.25, -0.2) is 28.8 Å². The van der Waals surface area contributed by atoms with Crippen molar-refractivity contribution in [1.29, 1.82) is 0 Å². The van der Waals surface area contributed by atoms with Crippen LogP contribution in [0.25, 0.3) is 0 Å². The zero-order chi connectivity index (χ0) is 45.8. The summed E-state index contributed by atoms with van der Waals surface area (Å²) in [4.78, 5) is 84.3. The number of Topliss-reactive ketones (excluding diaryl/α,β-unsaturated/α-hetero) is 1. The second kappa shape index (κ2) is 23.3. The summed E-state index contributed by atoms with van der Waals surface area (Å²) in [5.41, 5.74) is 1.78. The zero-order valence-corrected chi connectivity index (χ0v) is 34.6. The summed E-state index contributed by atoms with van der Waals surface area (Å²) < 4.78 is 54.5. The average molecular weight is 868 g/mol. The van der Waals surface area contributed by atoms with Crippen LogP contribution in [0.15, 0.2) is 110 Å². The Kier molecular flexibility index (Phi) is 19.6. The maximum atomic E-state index is 12.5. The van der Waals surface area contributed by atoms with Crippen LogP contribution < -0.4 is 0 Å². The number of esters is 6. The number of hydrogen-bond acceptors (Lipinski definition) is 17. The van der Waals surface area contributed by atoms with Crippen molar-refractivity contribution in [2.45, 2.75) is 83.6 Å². The summed E-state index contributed by atoms with van der Waals surface area (Å²) in [6.07, 6.45) is -1.05. The van der Waals surface area contributed by atoms with Gasteiger partial charge in [-0.05, 0) is 44.9 Å². The summed E-state index contributed by atoms with van der Waals surface area (Å²) in [5, 5.41) is 0. The van der Waals surface area contributed by atoms with E-state index in [-0.39, 0.29) is 56.4 Å². The van der Waals surface area contributed by atoms with E-state index in [0.29, 0.717) is 23.3 Å². The molecule has 1 radical (unpaired) electrons. The molecule has 337 valence electrons. The van der Waals surface area contributed by atoms with Crippen LogP contribution in [-0.4, -0.2) is 123 Å². The van der Waals surface area contributed by atoms with Gasteiger partial charge in [0.15, 0.2) is 36.3 Å². The topological polar surface area (TPSA) is 215 Å². The van der Waals surface area contributed by atoms with Crippen molar-refractivity contribution in [3.63, 3.8) is 0 Å². The average Bonchev–Trinajstić information content (AvgIpc) is 4.17. The highest BCUT2D eigenvalue weighted by atomic mass is 16.8. The number of allylic oxidation sites excluding steroid dienone is 2. The Morgan fingerprint density at radius 1 is 0.645 bits per heavy atom. The van der Waals surface area contributed by atoms with Crippen LogP contribution >= 0.6 is 0 Å². The lowest BCUT2D eigenvalue weighted by Crippen LogP contribution is -2.58. The van der Waals surface area contributed by atoms with Crippen molar-refractivity contribution in [2.24, 2.45) is 5.92 Å². The van der Waals surface area contributed by atoms with Gasteiger partial charge in [-0.15, -0.1) is 0 Å². The normalized spacial score (nSPS) is 26.6. The van der Waals surface area contributed by atoms with E-state index in [9.17, 15) is 33.6 Å². The molecular weight excluding hydrogens is 812 g/mol. The summed E-state index contributed by atoms with van der Waals surface area (Å²) in [6, 6.07) is 0. The first kappa shape index (κ1) is 52.1. The largest absolute Gasteiger partial charge is 0.460 e. The van der Waals surface area contributed by atoms with Gasteiger partial charge in [0.25, 0.3) is 0 Å². The van der Waals surface area contributed by atoms with E-state index in [2.05, 4.69) is 52.6 Å². The fraction of sp³-hybridized carbons (Fsp3) is 0.422. The molecule has 4 aliphatic rings. The molecule has 4 rings (SSSR count). The first-order valence-electron chi connectivity index (χ1n) is 18.7. The number of ketones is 1. The molecule has 0 N–H and O–H groups in total. The second-order valence-electron chi connectivity index (χ2n) is 14.2. The minimum Gasteiger partial charge on any atom is -0.460 e.